The number of rotatable bonds is 14. The number of unbranched alkanes of at least 4 members (excludes halogenated alkanes) is 1. The first-order chi connectivity index (χ1) is 21.8. The largest absolute Gasteiger partial charge is 0.382 e. The molecule has 0 saturated heterocycles. The number of hydrogen-bond acceptors (Lipinski definition) is 8. The predicted molar refractivity (Wildman–Crippen MR) is 179 cm³/mol. The van der Waals surface area contributed by atoms with Gasteiger partial charge in [-0.2, -0.15) is 0 Å². The highest BCUT2D eigenvalue weighted by atomic mass is 35.5. The number of pyridine rings is 1. The molecule has 0 radical (unpaired) electrons. The van der Waals surface area contributed by atoms with Gasteiger partial charge in [0.1, 0.15) is 0 Å². The number of hydrogen-bond donors (Lipinski definition) is 5. The van der Waals surface area contributed by atoms with Crippen molar-refractivity contribution in [3.8, 4) is 11.1 Å². The van der Waals surface area contributed by atoms with Crippen LogP contribution in [0.25, 0.3) is 11.1 Å². The quantitative estimate of drug-likeness (QED) is 0.0784. The molecule has 0 aliphatic rings. The van der Waals surface area contributed by atoms with E-state index in [1.54, 1.807) is 12.4 Å². The second kappa shape index (κ2) is 16.7. The van der Waals surface area contributed by atoms with E-state index < -0.39 is 5.91 Å². The van der Waals surface area contributed by atoms with Gasteiger partial charge >= 0.3 is 0 Å². The number of nitrogens with two attached hydrogens (primary N) is 3. The molecule has 0 spiro atoms. The number of anilines is 2. The van der Waals surface area contributed by atoms with Crippen LogP contribution in [0.5, 0.6) is 0 Å². The topological polar surface area (TPSA) is 187 Å². The van der Waals surface area contributed by atoms with E-state index in [4.69, 9.17) is 28.8 Å². The van der Waals surface area contributed by atoms with E-state index in [0.717, 1.165) is 55.2 Å². The first-order valence-corrected chi connectivity index (χ1v) is 15.2. The van der Waals surface area contributed by atoms with Gasteiger partial charge in [-0.05, 0) is 78.5 Å². The minimum atomic E-state index is -0.660. The Morgan fingerprint density at radius 3 is 2.00 bits per heavy atom. The molecule has 0 atom stereocenters. The lowest BCUT2D eigenvalue weighted by atomic mass is 9.99. The lowest BCUT2D eigenvalue weighted by Gasteiger charge is -2.08. The Hall–Kier alpha value is -5.03. The Kier molecular flexibility index (Phi) is 12.2. The number of aromatic nitrogens is 3. The highest BCUT2D eigenvalue weighted by molar-refractivity contribution is 6.31. The first-order valence-electron chi connectivity index (χ1n) is 14.8. The second-order valence-electron chi connectivity index (χ2n) is 10.5. The summed E-state index contributed by atoms with van der Waals surface area (Å²) in [6.45, 7) is 1.12. The molecule has 4 rings (SSSR count). The van der Waals surface area contributed by atoms with Gasteiger partial charge < -0.3 is 22.5 Å². The SMILES string of the molecule is NC(=NCCCCc1ccc(-c2ccc(CCCNC(=O)CCc3ccncc3)cc2)cc1)NC(=O)c1nc(Cl)c(N)nc1N. The molecule has 12 heteroatoms. The zero-order chi connectivity index (χ0) is 32.0. The standard InChI is InChI=1S/C33H38ClN9O2/c34-29-31(36)42-30(35)28(41-29)32(45)43-33(37)40-18-2-1-4-22-6-11-25(12-7-22)26-13-8-23(9-14-26)5-3-19-39-27(44)15-10-24-16-20-38-21-17-24/h6-9,11-14,16-17,20-21H,1-5,10,15,18-19H2,(H,39,44)(H4,35,36,42)(H3,37,40,43,45). The molecule has 2 aromatic heterocycles. The van der Waals surface area contributed by atoms with Gasteiger partial charge in [-0.1, -0.05) is 60.1 Å². The number of carbonyl (C=O) groups is 2. The third-order valence-corrected chi connectivity index (χ3v) is 7.39. The summed E-state index contributed by atoms with van der Waals surface area (Å²) in [6.07, 6.45) is 9.11. The van der Waals surface area contributed by atoms with Crippen molar-refractivity contribution < 1.29 is 9.59 Å². The Balaban J connectivity index is 1.12. The first kappa shape index (κ1) is 32.9. The fourth-order valence-corrected chi connectivity index (χ4v) is 4.73. The summed E-state index contributed by atoms with van der Waals surface area (Å²) in [5, 5.41) is 5.33. The van der Waals surface area contributed by atoms with Gasteiger partial charge in [0.15, 0.2) is 28.4 Å². The summed E-state index contributed by atoms with van der Waals surface area (Å²) in [7, 11) is 0. The van der Waals surface area contributed by atoms with E-state index in [2.05, 4.69) is 79.1 Å². The molecule has 8 N–H and O–H groups in total. The highest BCUT2D eigenvalue weighted by Crippen LogP contribution is 2.22. The van der Waals surface area contributed by atoms with Crippen LogP contribution in [0.2, 0.25) is 5.15 Å². The number of halogens is 1. The molecule has 2 amide bonds. The minimum Gasteiger partial charge on any atom is -0.382 e. The van der Waals surface area contributed by atoms with Crippen molar-refractivity contribution in [3.05, 3.63) is 101 Å². The van der Waals surface area contributed by atoms with E-state index in [0.29, 0.717) is 19.5 Å². The molecule has 45 heavy (non-hydrogen) atoms. The number of nitrogens with one attached hydrogen (secondary N) is 2. The van der Waals surface area contributed by atoms with Gasteiger partial charge in [0.25, 0.3) is 5.91 Å². The van der Waals surface area contributed by atoms with Gasteiger partial charge in [-0.25, -0.2) is 9.97 Å². The maximum Gasteiger partial charge on any atom is 0.280 e. The molecule has 0 unspecified atom stereocenters. The summed E-state index contributed by atoms with van der Waals surface area (Å²) in [4.78, 5) is 40.2. The monoisotopic (exact) mass is 627 g/mol. The average molecular weight is 628 g/mol. The van der Waals surface area contributed by atoms with Crippen molar-refractivity contribution in [1.29, 1.82) is 0 Å². The average Bonchev–Trinajstić information content (AvgIpc) is 3.04. The Bertz CT molecular complexity index is 1600. The van der Waals surface area contributed by atoms with Crippen LogP contribution in [0.15, 0.2) is 78.0 Å². The van der Waals surface area contributed by atoms with Crippen LogP contribution in [0, 0.1) is 0 Å². The molecular formula is C33H38ClN9O2. The molecule has 0 saturated carbocycles. The van der Waals surface area contributed by atoms with Crippen LogP contribution in [0.3, 0.4) is 0 Å². The van der Waals surface area contributed by atoms with E-state index in [1.807, 2.05) is 12.1 Å². The predicted octanol–water partition coefficient (Wildman–Crippen LogP) is 4.11. The summed E-state index contributed by atoms with van der Waals surface area (Å²) < 4.78 is 0. The van der Waals surface area contributed by atoms with Crippen LogP contribution in [-0.2, 0) is 24.1 Å². The van der Waals surface area contributed by atoms with Crippen LogP contribution >= 0.6 is 11.6 Å². The number of nitrogens with zero attached hydrogens (tertiary/aromatic N) is 4. The van der Waals surface area contributed by atoms with E-state index in [9.17, 15) is 9.59 Å². The van der Waals surface area contributed by atoms with Crippen molar-refractivity contribution in [2.24, 2.45) is 10.7 Å². The normalized spacial score (nSPS) is 11.3. The number of benzene rings is 2. The summed E-state index contributed by atoms with van der Waals surface area (Å²) >= 11 is 5.82. The van der Waals surface area contributed by atoms with E-state index >= 15 is 0 Å². The molecule has 11 nitrogen and oxygen atoms in total. The summed E-state index contributed by atoms with van der Waals surface area (Å²) in [5.41, 5.74) is 22.8. The van der Waals surface area contributed by atoms with Gasteiger partial charge in [0.05, 0.1) is 0 Å². The maximum atomic E-state index is 12.3. The third-order valence-electron chi connectivity index (χ3n) is 7.11. The van der Waals surface area contributed by atoms with Crippen molar-refractivity contribution in [3.63, 3.8) is 0 Å². The number of guanidine groups is 1. The summed E-state index contributed by atoms with van der Waals surface area (Å²) in [6, 6.07) is 21.0. The highest BCUT2D eigenvalue weighted by Gasteiger charge is 2.16. The number of carbonyl (C=O) groups excluding carboxylic acids is 2. The molecule has 0 fully saturated rings. The lowest BCUT2D eigenvalue weighted by molar-refractivity contribution is -0.121. The van der Waals surface area contributed by atoms with E-state index in [-0.39, 0.29) is 34.3 Å². The van der Waals surface area contributed by atoms with Gasteiger partial charge in [-0.15, -0.1) is 0 Å². The smallest absolute Gasteiger partial charge is 0.280 e. The van der Waals surface area contributed by atoms with Gasteiger partial charge in [0, 0.05) is 31.9 Å². The molecule has 2 heterocycles. The lowest BCUT2D eigenvalue weighted by Crippen LogP contribution is -2.38. The number of aliphatic imine (C=N–C) groups is 1. The number of amides is 2. The van der Waals surface area contributed by atoms with Crippen LogP contribution < -0.4 is 27.8 Å². The molecule has 0 aliphatic heterocycles. The van der Waals surface area contributed by atoms with Crippen LogP contribution in [0.4, 0.5) is 11.6 Å². The maximum absolute atomic E-state index is 12.3. The van der Waals surface area contributed by atoms with Gasteiger partial charge in [-0.3, -0.25) is 24.9 Å². The zero-order valence-corrected chi connectivity index (χ0v) is 25.8. The van der Waals surface area contributed by atoms with Crippen LogP contribution in [-0.4, -0.2) is 45.8 Å². The number of aryl methyl sites for hydroxylation is 3. The van der Waals surface area contributed by atoms with Crippen LogP contribution in [0.1, 0.15) is 52.9 Å². The molecule has 234 valence electrons. The van der Waals surface area contributed by atoms with Crippen molar-refractivity contribution in [2.45, 2.75) is 44.9 Å². The molecule has 2 aromatic carbocycles. The fraction of sp³-hybridized carbons (Fsp3) is 0.273. The van der Waals surface area contributed by atoms with Crippen molar-refractivity contribution >= 4 is 41.0 Å². The Morgan fingerprint density at radius 2 is 1.36 bits per heavy atom. The number of nitrogen functional groups attached to an aromatic ring is 2. The van der Waals surface area contributed by atoms with Gasteiger partial charge in [0.2, 0.25) is 5.91 Å². The van der Waals surface area contributed by atoms with E-state index in [1.165, 1.54) is 11.1 Å². The molecule has 0 aliphatic carbocycles. The zero-order valence-electron chi connectivity index (χ0n) is 25.0. The van der Waals surface area contributed by atoms with Crippen molar-refractivity contribution in [2.75, 3.05) is 24.6 Å². The Labute approximate surface area is 267 Å². The minimum absolute atomic E-state index is 0.0379. The molecule has 4 aromatic rings. The molecule has 0 bridgehead atoms. The van der Waals surface area contributed by atoms with Crippen molar-refractivity contribution in [1.82, 2.24) is 25.6 Å². The summed E-state index contributed by atoms with van der Waals surface area (Å²) in [5.74, 6) is -0.824. The Morgan fingerprint density at radius 1 is 0.756 bits per heavy atom. The molecular weight excluding hydrogens is 590 g/mol. The second-order valence-corrected chi connectivity index (χ2v) is 10.9. The third kappa shape index (κ3) is 10.6. The fourth-order valence-electron chi connectivity index (χ4n) is 4.61.